The Morgan fingerprint density at radius 3 is 2.11 bits per heavy atom. The number of carbonyl (C=O) groups is 2. The second kappa shape index (κ2) is 6.48. The molecule has 7 nitrogen and oxygen atoms in total. The summed E-state index contributed by atoms with van der Waals surface area (Å²) >= 11 is 0. The zero-order chi connectivity index (χ0) is 14.4. The molecule has 7 heteroatoms. The maximum atomic E-state index is 11.2. The van der Waals surface area contributed by atoms with Crippen LogP contribution in [0.25, 0.3) is 0 Å². The van der Waals surface area contributed by atoms with E-state index in [-0.39, 0.29) is 11.3 Å². The number of carboxylic acid groups (broad SMARTS) is 1. The fourth-order valence-electron chi connectivity index (χ4n) is 1.64. The standard InChI is InChI=1S/C12H15NO6/c1-17-8-5-10(19-3)9(18-2)4-7(8)11(12(15)16)13-6-14/h4-6,11H,1-3H3,(H,13,14)(H,15,16). The molecule has 0 aliphatic heterocycles. The second-order valence-electron chi connectivity index (χ2n) is 3.50. The fraction of sp³-hybridized carbons (Fsp3) is 0.333. The Bertz CT molecular complexity index is 474. The largest absolute Gasteiger partial charge is 0.496 e. The van der Waals surface area contributed by atoms with Crippen LogP contribution in [-0.4, -0.2) is 38.8 Å². The average molecular weight is 269 g/mol. The molecule has 0 saturated heterocycles. The number of ether oxygens (including phenoxy) is 3. The molecule has 0 spiro atoms. The minimum absolute atomic E-state index is 0.264. The molecule has 1 aromatic rings. The molecule has 0 heterocycles. The van der Waals surface area contributed by atoms with Gasteiger partial charge in [0.05, 0.1) is 21.3 Å². The smallest absolute Gasteiger partial charge is 0.331 e. The number of nitrogens with one attached hydrogen (secondary N) is 1. The van der Waals surface area contributed by atoms with Gasteiger partial charge in [0, 0.05) is 11.6 Å². The topological polar surface area (TPSA) is 94.1 Å². The average Bonchev–Trinajstić information content (AvgIpc) is 2.42. The predicted octanol–water partition coefficient (Wildman–Crippen LogP) is 0.584. The molecule has 0 aliphatic rings. The monoisotopic (exact) mass is 269 g/mol. The van der Waals surface area contributed by atoms with Crippen LogP contribution in [0.3, 0.4) is 0 Å². The van der Waals surface area contributed by atoms with Crippen molar-refractivity contribution in [2.45, 2.75) is 6.04 Å². The summed E-state index contributed by atoms with van der Waals surface area (Å²) in [6.45, 7) is 0. The summed E-state index contributed by atoms with van der Waals surface area (Å²) in [4.78, 5) is 21.7. The second-order valence-corrected chi connectivity index (χ2v) is 3.50. The van der Waals surface area contributed by atoms with Gasteiger partial charge in [0.15, 0.2) is 17.5 Å². The highest BCUT2D eigenvalue weighted by atomic mass is 16.5. The normalized spacial score (nSPS) is 11.3. The van der Waals surface area contributed by atoms with Crippen molar-refractivity contribution in [2.24, 2.45) is 0 Å². The van der Waals surface area contributed by atoms with Crippen LogP contribution in [0.15, 0.2) is 12.1 Å². The molecule has 1 amide bonds. The van der Waals surface area contributed by atoms with Crippen molar-refractivity contribution < 1.29 is 28.9 Å². The van der Waals surface area contributed by atoms with Crippen LogP contribution >= 0.6 is 0 Å². The summed E-state index contributed by atoms with van der Waals surface area (Å²) in [7, 11) is 4.27. The summed E-state index contributed by atoms with van der Waals surface area (Å²) in [5.74, 6) is -0.187. The third kappa shape index (κ3) is 3.06. The maximum Gasteiger partial charge on any atom is 0.331 e. The van der Waals surface area contributed by atoms with Gasteiger partial charge in [0.25, 0.3) is 0 Å². The van der Waals surface area contributed by atoms with E-state index in [1.54, 1.807) is 0 Å². The molecule has 1 atom stereocenters. The molecule has 104 valence electrons. The van der Waals surface area contributed by atoms with Crippen LogP contribution in [0.5, 0.6) is 17.2 Å². The van der Waals surface area contributed by atoms with Crippen molar-refractivity contribution in [1.82, 2.24) is 5.32 Å². The Labute approximate surface area is 110 Å². The highest BCUT2D eigenvalue weighted by Crippen LogP contribution is 2.37. The summed E-state index contributed by atoms with van der Waals surface area (Å²) in [6, 6.07) is 1.72. The van der Waals surface area contributed by atoms with Gasteiger partial charge in [0.2, 0.25) is 6.41 Å². The first kappa shape index (κ1) is 14.6. The van der Waals surface area contributed by atoms with Crippen LogP contribution in [0, 0.1) is 0 Å². The van der Waals surface area contributed by atoms with Crippen molar-refractivity contribution in [3.63, 3.8) is 0 Å². The lowest BCUT2D eigenvalue weighted by molar-refractivity contribution is -0.140. The molecule has 0 aromatic heterocycles. The van der Waals surface area contributed by atoms with E-state index in [1.807, 2.05) is 0 Å². The van der Waals surface area contributed by atoms with Gasteiger partial charge in [0.1, 0.15) is 5.75 Å². The Hall–Kier alpha value is -2.44. The van der Waals surface area contributed by atoms with Crippen LogP contribution in [0.2, 0.25) is 0 Å². The number of aliphatic carboxylic acids is 1. The highest BCUT2D eigenvalue weighted by molar-refractivity contribution is 5.79. The molecule has 19 heavy (non-hydrogen) atoms. The van der Waals surface area contributed by atoms with Gasteiger partial charge in [-0.15, -0.1) is 0 Å². The first-order valence-electron chi connectivity index (χ1n) is 5.31. The van der Waals surface area contributed by atoms with Gasteiger partial charge in [-0.25, -0.2) is 4.79 Å². The van der Waals surface area contributed by atoms with E-state index in [2.05, 4.69) is 5.32 Å². The Morgan fingerprint density at radius 1 is 1.16 bits per heavy atom. The SMILES string of the molecule is COc1cc(OC)c(C(NC=O)C(=O)O)cc1OC. The summed E-state index contributed by atoms with van der Waals surface area (Å²) in [5, 5.41) is 11.3. The van der Waals surface area contributed by atoms with Crippen LogP contribution < -0.4 is 19.5 Å². The van der Waals surface area contributed by atoms with Gasteiger partial charge in [-0.3, -0.25) is 4.79 Å². The third-order valence-corrected chi connectivity index (χ3v) is 2.53. The molecule has 0 saturated carbocycles. The molecule has 1 unspecified atom stereocenters. The summed E-state index contributed by atoms with van der Waals surface area (Å²) in [5.41, 5.74) is 0.264. The summed E-state index contributed by atoms with van der Waals surface area (Å²) in [6.07, 6.45) is 0.314. The van der Waals surface area contributed by atoms with Crippen molar-refractivity contribution in [2.75, 3.05) is 21.3 Å². The van der Waals surface area contributed by atoms with E-state index in [0.717, 1.165) is 0 Å². The quantitative estimate of drug-likeness (QED) is 0.703. The number of amides is 1. The minimum atomic E-state index is -1.23. The number of carbonyl (C=O) groups excluding carboxylic acids is 1. The predicted molar refractivity (Wildman–Crippen MR) is 65.7 cm³/mol. The molecular formula is C12H15NO6. The lowest BCUT2D eigenvalue weighted by Crippen LogP contribution is -2.27. The number of carboxylic acids is 1. The van der Waals surface area contributed by atoms with Crippen molar-refractivity contribution in [3.05, 3.63) is 17.7 Å². The van der Waals surface area contributed by atoms with E-state index in [1.165, 1.54) is 33.5 Å². The molecule has 0 fully saturated rings. The summed E-state index contributed by atoms with van der Waals surface area (Å²) < 4.78 is 15.3. The Morgan fingerprint density at radius 2 is 1.68 bits per heavy atom. The molecule has 0 bridgehead atoms. The van der Waals surface area contributed by atoms with Crippen molar-refractivity contribution in [3.8, 4) is 17.2 Å². The lowest BCUT2D eigenvalue weighted by atomic mass is 10.0. The molecule has 1 rings (SSSR count). The van der Waals surface area contributed by atoms with E-state index in [0.29, 0.717) is 17.9 Å². The zero-order valence-corrected chi connectivity index (χ0v) is 10.8. The van der Waals surface area contributed by atoms with Crippen LogP contribution in [0.1, 0.15) is 11.6 Å². The van der Waals surface area contributed by atoms with Crippen molar-refractivity contribution in [1.29, 1.82) is 0 Å². The minimum Gasteiger partial charge on any atom is -0.496 e. The van der Waals surface area contributed by atoms with E-state index < -0.39 is 12.0 Å². The number of hydrogen-bond acceptors (Lipinski definition) is 5. The third-order valence-electron chi connectivity index (χ3n) is 2.53. The van der Waals surface area contributed by atoms with Crippen molar-refractivity contribution >= 4 is 12.4 Å². The molecular weight excluding hydrogens is 254 g/mol. The van der Waals surface area contributed by atoms with Gasteiger partial charge in [-0.2, -0.15) is 0 Å². The lowest BCUT2D eigenvalue weighted by Gasteiger charge is -2.18. The molecule has 2 N–H and O–H groups in total. The number of methoxy groups -OCH3 is 3. The van der Waals surface area contributed by atoms with E-state index in [4.69, 9.17) is 19.3 Å². The van der Waals surface area contributed by atoms with Gasteiger partial charge in [-0.1, -0.05) is 0 Å². The maximum absolute atomic E-state index is 11.2. The fourth-order valence-corrected chi connectivity index (χ4v) is 1.64. The Kier molecular flexibility index (Phi) is 4.99. The number of rotatable bonds is 7. The van der Waals surface area contributed by atoms with Crippen LogP contribution in [0.4, 0.5) is 0 Å². The van der Waals surface area contributed by atoms with Gasteiger partial charge < -0.3 is 24.6 Å². The van der Waals surface area contributed by atoms with Gasteiger partial charge >= 0.3 is 5.97 Å². The van der Waals surface area contributed by atoms with E-state index in [9.17, 15) is 9.59 Å². The number of benzene rings is 1. The number of hydrogen-bond donors (Lipinski definition) is 2. The van der Waals surface area contributed by atoms with Crippen LogP contribution in [-0.2, 0) is 9.59 Å². The molecule has 0 aliphatic carbocycles. The van der Waals surface area contributed by atoms with Gasteiger partial charge in [-0.05, 0) is 6.07 Å². The first-order valence-corrected chi connectivity index (χ1v) is 5.31. The highest BCUT2D eigenvalue weighted by Gasteiger charge is 2.25. The zero-order valence-electron chi connectivity index (χ0n) is 10.8. The van der Waals surface area contributed by atoms with E-state index >= 15 is 0 Å². The first-order chi connectivity index (χ1) is 9.08. The molecule has 1 aromatic carbocycles. The Balaban J connectivity index is 3.38. The molecule has 0 radical (unpaired) electrons.